The smallest absolute Gasteiger partial charge is 0.227 e. The summed E-state index contributed by atoms with van der Waals surface area (Å²) in [4.78, 5) is 17.7. The van der Waals surface area contributed by atoms with Crippen LogP contribution >= 0.6 is 0 Å². The summed E-state index contributed by atoms with van der Waals surface area (Å²) in [5.41, 5.74) is 0.911. The van der Waals surface area contributed by atoms with Crippen LogP contribution in [0.5, 0.6) is 0 Å². The lowest BCUT2D eigenvalue weighted by molar-refractivity contribution is -0.118. The Kier molecular flexibility index (Phi) is 4.76. The first kappa shape index (κ1) is 12.5. The van der Waals surface area contributed by atoms with Gasteiger partial charge in [-0.2, -0.15) is 0 Å². The number of carbonyl (C=O) groups is 1. The molecule has 0 aliphatic carbocycles. The van der Waals surface area contributed by atoms with Gasteiger partial charge in [0.1, 0.15) is 0 Å². The van der Waals surface area contributed by atoms with Crippen molar-refractivity contribution in [2.45, 2.75) is 27.2 Å². The van der Waals surface area contributed by atoms with Gasteiger partial charge in [-0.1, -0.05) is 6.92 Å². The number of nitrogens with zero attached hydrogens (tertiary/aromatic N) is 2. The van der Waals surface area contributed by atoms with Crippen molar-refractivity contribution in [2.24, 2.45) is 0 Å². The zero-order chi connectivity index (χ0) is 12.0. The van der Waals surface area contributed by atoms with Gasteiger partial charge in [-0.3, -0.25) is 9.69 Å². The van der Waals surface area contributed by atoms with Gasteiger partial charge in [0, 0.05) is 25.7 Å². The van der Waals surface area contributed by atoms with E-state index in [1.807, 2.05) is 32.9 Å². The van der Waals surface area contributed by atoms with E-state index in [9.17, 15) is 4.79 Å². The number of pyridine rings is 1. The molecule has 0 spiro atoms. The van der Waals surface area contributed by atoms with Crippen molar-refractivity contribution in [3.63, 3.8) is 0 Å². The quantitative estimate of drug-likeness (QED) is 0.829. The van der Waals surface area contributed by atoms with E-state index >= 15 is 0 Å². The van der Waals surface area contributed by atoms with Gasteiger partial charge in [0.2, 0.25) is 5.91 Å². The molecule has 1 amide bonds. The number of aromatic nitrogens is 1. The van der Waals surface area contributed by atoms with Crippen molar-refractivity contribution in [1.29, 1.82) is 0 Å². The van der Waals surface area contributed by atoms with Crippen molar-refractivity contribution in [3.8, 4) is 0 Å². The highest BCUT2D eigenvalue weighted by Gasteiger charge is 2.16. The zero-order valence-corrected chi connectivity index (χ0v) is 10.2. The van der Waals surface area contributed by atoms with Crippen LogP contribution < -0.4 is 10.2 Å². The van der Waals surface area contributed by atoms with Gasteiger partial charge in [0.05, 0.1) is 5.69 Å². The van der Waals surface area contributed by atoms with E-state index in [4.69, 9.17) is 0 Å². The first-order chi connectivity index (χ1) is 7.74. The van der Waals surface area contributed by atoms with E-state index in [-0.39, 0.29) is 5.91 Å². The summed E-state index contributed by atoms with van der Waals surface area (Å²) in [6.07, 6.45) is 2.21. The first-order valence-electron chi connectivity index (χ1n) is 5.73. The molecule has 1 N–H and O–H groups in total. The number of carbonyl (C=O) groups excluding carboxylic acids is 1. The SMILES string of the molecule is CCNc1cccnc1N(CC)C(=O)CC. The number of nitrogens with one attached hydrogen (secondary N) is 1. The van der Waals surface area contributed by atoms with Crippen LogP contribution in [0, 0.1) is 0 Å². The Morgan fingerprint density at radius 3 is 2.75 bits per heavy atom. The van der Waals surface area contributed by atoms with Gasteiger partial charge in [-0.25, -0.2) is 4.98 Å². The standard InChI is InChI=1S/C12H19N3O/c1-4-11(16)15(6-3)12-10(13-5-2)8-7-9-14-12/h7-9,13H,4-6H2,1-3H3. The predicted octanol–water partition coefficient (Wildman–Crippen LogP) is 2.28. The number of rotatable bonds is 5. The fourth-order valence-electron chi connectivity index (χ4n) is 1.58. The summed E-state index contributed by atoms with van der Waals surface area (Å²) in [5.74, 6) is 0.819. The average molecular weight is 221 g/mol. The minimum atomic E-state index is 0.0975. The Morgan fingerprint density at radius 1 is 1.44 bits per heavy atom. The molecule has 88 valence electrons. The molecule has 0 fully saturated rings. The number of hydrogen-bond donors (Lipinski definition) is 1. The van der Waals surface area contributed by atoms with Crippen molar-refractivity contribution in [3.05, 3.63) is 18.3 Å². The summed E-state index contributed by atoms with van der Waals surface area (Å²) in [5, 5.41) is 3.21. The van der Waals surface area contributed by atoms with Gasteiger partial charge in [0.25, 0.3) is 0 Å². The molecule has 1 rings (SSSR count). The molecular formula is C12H19N3O. The van der Waals surface area contributed by atoms with Crippen LogP contribution in [0.1, 0.15) is 27.2 Å². The van der Waals surface area contributed by atoms with E-state index in [0.717, 1.165) is 18.1 Å². The lowest BCUT2D eigenvalue weighted by Gasteiger charge is -2.22. The largest absolute Gasteiger partial charge is 0.382 e. The van der Waals surface area contributed by atoms with Crippen molar-refractivity contribution in [2.75, 3.05) is 23.3 Å². The minimum Gasteiger partial charge on any atom is -0.382 e. The molecule has 16 heavy (non-hydrogen) atoms. The lowest BCUT2D eigenvalue weighted by Crippen LogP contribution is -2.31. The van der Waals surface area contributed by atoms with E-state index in [2.05, 4.69) is 10.3 Å². The molecule has 0 atom stereocenters. The Hall–Kier alpha value is -1.58. The summed E-state index contributed by atoms with van der Waals surface area (Å²) < 4.78 is 0. The van der Waals surface area contributed by atoms with Gasteiger partial charge >= 0.3 is 0 Å². The monoisotopic (exact) mass is 221 g/mol. The molecule has 0 saturated carbocycles. The van der Waals surface area contributed by atoms with Crippen LogP contribution in [-0.4, -0.2) is 24.0 Å². The number of amides is 1. The van der Waals surface area contributed by atoms with E-state index < -0.39 is 0 Å². The summed E-state index contributed by atoms with van der Waals surface area (Å²) >= 11 is 0. The average Bonchev–Trinajstić information content (AvgIpc) is 2.32. The van der Waals surface area contributed by atoms with Crippen molar-refractivity contribution in [1.82, 2.24) is 4.98 Å². The molecule has 4 heteroatoms. The van der Waals surface area contributed by atoms with Gasteiger partial charge < -0.3 is 5.32 Å². The summed E-state index contributed by atoms with van der Waals surface area (Å²) in [7, 11) is 0. The molecule has 1 aromatic rings. The van der Waals surface area contributed by atoms with Crippen LogP contribution in [0.2, 0.25) is 0 Å². The van der Waals surface area contributed by atoms with Crippen LogP contribution in [0.25, 0.3) is 0 Å². The van der Waals surface area contributed by atoms with Crippen molar-refractivity contribution >= 4 is 17.4 Å². The second-order valence-electron chi connectivity index (χ2n) is 3.40. The Balaban J connectivity index is 3.03. The topological polar surface area (TPSA) is 45.2 Å². The third-order valence-electron chi connectivity index (χ3n) is 2.33. The second-order valence-corrected chi connectivity index (χ2v) is 3.40. The molecule has 0 saturated heterocycles. The van der Waals surface area contributed by atoms with Crippen LogP contribution in [0.4, 0.5) is 11.5 Å². The molecule has 0 unspecified atom stereocenters. The maximum atomic E-state index is 11.8. The van der Waals surface area contributed by atoms with Crippen LogP contribution in [-0.2, 0) is 4.79 Å². The maximum absolute atomic E-state index is 11.8. The Bertz CT molecular complexity index is 352. The summed E-state index contributed by atoms with van der Waals surface area (Å²) in [6, 6.07) is 3.81. The molecule has 0 aliphatic heterocycles. The third-order valence-corrected chi connectivity index (χ3v) is 2.33. The summed E-state index contributed by atoms with van der Waals surface area (Å²) in [6.45, 7) is 7.30. The van der Waals surface area contributed by atoms with Crippen LogP contribution in [0.15, 0.2) is 18.3 Å². The first-order valence-corrected chi connectivity index (χ1v) is 5.73. The van der Waals surface area contributed by atoms with Crippen molar-refractivity contribution < 1.29 is 4.79 Å². The molecule has 1 heterocycles. The second kappa shape index (κ2) is 6.10. The van der Waals surface area contributed by atoms with Gasteiger partial charge in [-0.05, 0) is 26.0 Å². The molecule has 0 aliphatic rings. The van der Waals surface area contributed by atoms with Gasteiger partial charge in [0.15, 0.2) is 5.82 Å². The highest BCUT2D eigenvalue weighted by molar-refractivity contribution is 5.95. The fraction of sp³-hybridized carbons (Fsp3) is 0.500. The van der Waals surface area contributed by atoms with Gasteiger partial charge in [-0.15, -0.1) is 0 Å². The molecular weight excluding hydrogens is 202 g/mol. The van der Waals surface area contributed by atoms with Crippen LogP contribution in [0.3, 0.4) is 0 Å². The highest BCUT2D eigenvalue weighted by Crippen LogP contribution is 2.22. The van der Waals surface area contributed by atoms with E-state index in [1.54, 1.807) is 11.1 Å². The fourth-order valence-corrected chi connectivity index (χ4v) is 1.58. The normalized spacial score (nSPS) is 9.94. The molecule has 0 radical (unpaired) electrons. The Morgan fingerprint density at radius 2 is 2.19 bits per heavy atom. The zero-order valence-electron chi connectivity index (χ0n) is 10.2. The molecule has 4 nitrogen and oxygen atoms in total. The van der Waals surface area contributed by atoms with E-state index in [0.29, 0.717) is 13.0 Å². The third kappa shape index (κ3) is 2.72. The minimum absolute atomic E-state index is 0.0975. The lowest BCUT2D eigenvalue weighted by atomic mass is 10.3. The predicted molar refractivity (Wildman–Crippen MR) is 66.7 cm³/mol. The molecule has 1 aromatic heterocycles. The number of hydrogen-bond acceptors (Lipinski definition) is 3. The Labute approximate surface area is 96.7 Å². The maximum Gasteiger partial charge on any atom is 0.227 e. The van der Waals surface area contributed by atoms with E-state index in [1.165, 1.54) is 0 Å². The molecule has 0 aromatic carbocycles. The number of anilines is 2. The molecule has 0 bridgehead atoms. The highest BCUT2D eigenvalue weighted by atomic mass is 16.2.